The average Bonchev–Trinajstić information content (AvgIpc) is 2.65. The van der Waals surface area contributed by atoms with Crippen LogP contribution in [0.5, 0.6) is 17.2 Å². The van der Waals surface area contributed by atoms with Gasteiger partial charge < -0.3 is 20.1 Å². The van der Waals surface area contributed by atoms with Crippen molar-refractivity contribution in [3.05, 3.63) is 52.1 Å². The third-order valence-electron chi connectivity index (χ3n) is 6.05. The first-order valence-electron chi connectivity index (χ1n) is 11.2. The van der Waals surface area contributed by atoms with Crippen molar-refractivity contribution in [2.45, 2.75) is 72.3 Å². The Labute approximate surface area is 194 Å². The van der Waals surface area contributed by atoms with Crippen molar-refractivity contribution in [3.63, 3.8) is 0 Å². The number of phenolic OH excluding ortho intramolecular Hbond substituents is 3. The molecule has 3 N–H and O–H groups in total. The fraction of sp³-hybridized carbons (Fsp3) is 0.407. The molecular formula is C27H32O6. The zero-order valence-corrected chi connectivity index (χ0v) is 19.9. The molecule has 0 aliphatic heterocycles. The van der Waals surface area contributed by atoms with Crippen LogP contribution < -0.4 is 0 Å². The summed E-state index contributed by atoms with van der Waals surface area (Å²) in [5.41, 5.74) is 2.32. The van der Waals surface area contributed by atoms with Gasteiger partial charge in [0.05, 0.1) is 17.4 Å². The lowest BCUT2D eigenvalue weighted by Gasteiger charge is -2.33. The largest absolute Gasteiger partial charge is 0.507 e. The Morgan fingerprint density at radius 3 is 2.39 bits per heavy atom. The van der Waals surface area contributed by atoms with E-state index in [0.717, 1.165) is 18.4 Å². The number of phenols is 3. The summed E-state index contributed by atoms with van der Waals surface area (Å²) in [4.78, 5) is 24.4. The molecule has 3 rings (SSSR count). The molecule has 1 unspecified atom stereocenters. The lowest BCUT2D eigenvalue weighted by atomic mass is 9.78. The number of Topliss-reactive ketones (excluding diaryl/α,β-unsaturated/α-hetero) is 1. The summed E-state index contributed by atoms with van der Waals surface area (Å²) in [7, 11) is 0. The summed E-state index contributed by atoms with van der Waals surface area (Å²) < 4.78 is 5.37. The molecule has 6 nitrogen and oxygen atoms in total. The molecule has 0 spiro atoms. The summed E-state index contributed by atoms with van der Waals surface area (Å²) in [5.74, 6) is -1.47. The minimum Gasteiger partial charge on any atom is -0.507 e. The Kier molecular flexibility index (Phi) is 6.86. The van der Waals surface area contributed by atoms with Crippen LogP contribution in [0.15, 0.2) is 35.4 Å². The van der Waals surface area contributed by atoms with Crippen LogP contribution in [0, 0.1) is 0 Å². The van der Waals surface area contributed by atoms with Crippen LogP contribution in [0.4, 0.5) is 0 Å². The average molecular weight is 453 g/mol. The van der Waals surface area contributed by atoms with Gasteiger partial charge in [-0.05, 0) is 70.0 Å². The number of carbonyl (C=O) groups is 2. The maximum Gasteiger partial charge on any atom is 0.303 e. The molecule has 0 fully saturated rings. The van der Waals surface area contributed by atoms with E-state index >= 15 is 0 Å². The maximum absolute atomic E-state index is 12.9. The number of aromatic hydroxyl groups is 3. The van der Waals surface area contributed by atoms with E-state index in [-0.39, 0.29) is 46.8 Å². The van der Waals surface area contributed by atoms with Crippen molar-refractivity contribution < 1.29 is 29.6 Å². The van der Waals surface area contributed by atoms with Gasteiger partial charge in [-0.15, -0.1) is 0 Å². The maximum atomic E-state index is 12.9. The first kappa shape index (κ1) is 24.4. The van der Waals surface area contributed by atoms with E-state index in [0.29, 0.717) is 22.9 Å². The third kappa shape index (κ3) is 5.21. The molecule has 2 aromatic rings. The second kappa shape index (κ2) is 9.30. The molecule has 1 aliphatic carbocycles. The van der Waals surface area contributed by atoms with Gasteiger partial charge >= 0.3 is 5.97 Å². The van der Waals surface area contributed by atoms with Crippen molar-refractivity contribution >= 4 is 22.5 Å². The van der Waals surface area contributed by atoms with Crippen molar-refractivity contribution in [2.24, 2.45) is 0 Å². The van der Waals surface area contributed by atoms with Crippen LogP contribution >= 0.6 is 0 Å². The summed E-state index contributed by atoms with van der Waals surface area (Å²) in [6.45, 7) is 9.08. The number of esters is 1. The van der Waals surface area contributed by atoms with Crippen LogP contribution in [-0.4, -0.2) is 32.7 Å². The first-order valence-corrected chi connectivity index (χ1v) is 11.2. The predicted octanol–water partition coefficient (Wildman–Crippen LogP) is 5.64. The Morgan fingerprint density at radius 2 is 1.76 bits per heavy atom. The van der Waals surface area contributed by atoms with Crippen LogP contribution in [-0.2, 0) is 22.4 Å². The normalized spacial score (nSPS) is 18.2. The number of ether oxygens (including phenoxy) is 1. The minimum absolute atomic E-state index is 0.0576. The third-order valence-corrected chi connectivity index (χ3v) is 6.05. The van der Waals surface area contributed by atoms with Crippen LogP contribution in [0.25, 0.3) is 10.8 Å². The lowest BCUT2D eigenvalue weighted by molar-refractivity contribution is -0.155. The summed E-state index contributed by atoms with van der Waals surface area (Å²) in [6, 6.07) is 3.14. The minimum atomic E-state index is -1.01. The van der Waals surface area contributed by atoms with E-state index in [1.54, 1.807) is 13.0 Å². The highest BCUT2D eigenvalue weighted by Crippen LogP contribution is 2.46. The zero-order chi connectivity index (χ0) is 24.5. The van der Waals surface area contributed by atoms with E-state index < -0.39 is 11.6 Å². The predicted molar refractivity (Wildman–Crippen MR) is 128 cm³/mol. The first-order chi connectivity index (χ1) is 15.4. The van der Waals surface area contributed by atoms with Crippen LogP contribution in [0.1, 0.15) is 75.4 Å². The van der Waals surface area contributed by atoms with E-state index in [1.165, 1.54) is 18.6 Å². The van der Waals surface area contributed by atoms with Gasteiger partial charge in [0.15, 0.2) is 5.78 Å². The van der Waals surface area contributed by atoms with E-state index in [2.05, 4.69) is 19.9 Å². The molecular weight excluding hydrogens is 420 g/mol. The summed E-state index contributed by atoms with van der Waals surface area (Å²) >= 11 is 0. The van der Waals surface area contributed by atoms with Crippen molar-refractivity contribution in [1.29, 1.82) is 0 Å². The highest BCUT2D eigenvalue weighted by atomic mass is 16.6. The van der Waals surface area contributed by atoms with Crippen molar-refractivity contribution in [3.8, 4) is 17.2 Å². The Morgan fingerprint density at radius 1 is 1.06 bits per heavy atom. The van der Waals surface area contributed by atoms with Gasteiger partial charge in [-0.25, -0.2) is 0 Å². The van der Waals surface area contributed by atoms with Crippen LogP contribution in [0.2, 0.25) is 0 Å². The van der Waals surface area contributed by atoms with Gasteiger partial charge in [0, 0.05) is 18.9 Å². The van der Waals surface area contributed by atoms with Crippen molar-refractivity contribution in [2.75, 3.05) is 0 Å². The van der Waals surface area contributed by atoms with E-state index in [1.807, 2.05) is 13.0 Å². The molecule has 0 amide bonds. The fourth-order valence-electron chi connectivity index (χ4n) is 4.55. The topological polar surface area (TPSA) is 104 Å². The molecule has 1 atom stereocenters. The van der Waals surface area contributed by atoms with Gasteiger partial charge in [-0.1, -0.05) is 23.3 Å². The molecule has 6 heteroatoms. The molecule has 0 radical (unpaired) electrons. The summed E-state index contributed by atoms with van der Waals surface area (Å²) in [5, 5.41) is 33.1. The number of benzene rings is 2. The molecule has 0 heterocycles. The quantitative estimate of drug-likeness (QED) is 0.387. The Balaban J connectivity index is 2.01. The smallest absolute Gasteiger partial charge is 0.303 e. The van der Waals surface area contributed by atoms with Gasteiger partial charge in [-0.2, -0.15) is 0 Å². The van der Waals surface area contributed by atoms with Gasteiger partial charge in [-0.3, -0.25) is 9.59 Å². The standard InChI is InChI=1S/C27H32O6/c1-15(2)7-6-8-16(3)9-10-20-21(29)12-18-11-19-13-27(5,33-17(4)28)14-22(30)23(19)26(32)24(18)25(20)31/h7,9,11-12,29,31-32H,6,8,10,13-14H2,1-5H3/b16-9+. The molecule has 33 heavy (non-hydrogen) atoms. The molecule has 0 aromatic heterocycles. The fourth-order valence-corrected chi connectivity index (χ4v) is 4.55. The van der Waals surface area contributed by atoms with E-state index in [4.69, 9.17) is 4.74 Å². The lowest BCUT2D eigenvalue weighted by Crippen LogP contribution is -2.40. The number of carbonyl (C=O) groups excluding carboxylic acids is 2. The number of allylic oxidation sites excluding steroid dienone is 4. The van der Waals surface area contributed by atoms with Crippen molar-refractivity contribution in [1.82, 2.24) is 0 Å². The molecule has 0 saturated heterocycles. The van der Waals surface area contributed by atoms with Gasteiger partial charge in [0.25, 0.3) is 0 Å². The van der Waals surface area contributed by atoms with Crippen LogP contribution in [0.3, 0.4) is 0 Å². The molecule has 0 bridgehead atoms. The van der Waals surface area contributed by atoms with Gasteiger partial charge in [0.1, 0.15) is 22.8 Å². The Hall–Kier alpha value is -3.28. The molecule has 1 aliphatic rings. The zero-order valence-electron chi connectivity index (χ0n) is 19.9. The number of rotatable bonds is 6. The van der Waals surface area contributed by atoms with Gasteiger partial charge in [0.2, 0.25) is 0 Å². The molecule has 2 aromatic carbocycles. The SMILES string of the molecule is CC(=O)OC1(C)CC(=O)c2c(cc3cc(O)c(C/C=C(\C)CCC=C(C)C)c(O)c3c2O)C1. The molecule has 176 valence electrons. The number of hydrogen-bond acceptors (Lipinski definition) is 6. The number of ketones is 1. The highest BCUT2D eigenvalue weighted by molar-refractivity contribution is 6.09. The second-order valence-corrected chi connectivity index (χ2v) is 9.48. The number of hydrogen-bond donors (Lipinski definition) is 3. The second-order valence-electron chi connectivity index (χ2n) is 9.48. The molecule has 0 saturated carbocycles. The van der Waals surface area contributed by atoms with E-state index in [9.17, 15) is 24.9 Å². The summed E-state index contributed by atoms with van der Waals surface area (Å²) in [6.07, 6.45) is 6.38. The highest BCUT2D eigenvalue weighted by Gasteiger charge is 2.39. The Bertz CT molecular complexity index is 1180. The monoisotopic (exact) mass is 452 g/mol. The number of fused-ring (bicyclic) bond motifs is 2.